The van der Waals surface area contributed by atoms with E-state index in [9.17, 15) is 4.79 Å². The van der Waals surface area contributed by atoms with E-state index in [-0.39, 0.29) is 17.3 Å². The van der Waals surface area contributed by atoms with E-state index in [1.807, 2.05) is 49.2 Å². The Morgan fingerprint density at radius 1 is 1.15 bits per heavy atom. The average Bonchev–Trinajstić information content (AvgIpc) is 2.95. The van der Waals surface area contributed by atoms with Crippen molar-refractivity contribution < 1.29 is 4.79 Å². The summed E-state index contributed by atoms with van der Waals surface area (Å²) in [4.78, 5) is 12.8. The molecule has 0 bridgehead atoms. The maximum atomic E-state index is 12.8. The molecule has 0 fully saturated rings. The Labute approximate surface area is 165 Å². The van der Waals surface area contributed by atoms with E-state index in [0.717, 1.165) is 29.9 Å². The molecule has 1 amide bonds. The molecule has 2 aromatic carbocycles. The van der Waals surface area contributed by atoms with Gasteiger partial charge in [0.2, 0.25) is 0 Å². The SMILES string of the molecule is CC1=NN(c2cccc(C(=O)Nc3ccc4c(c3)CCCC4)c2)C(C)C1Cl. The van der Waals surface area contributed by atoms with Gasteiger partial charge in [0.15, 0.2) is 0 Å². The number of aryl methyl sites for hydroxylation is 2. The highest BCUT2D eigenvalue weighted by molar-refractivity contribution is 6.33. The number of anilines is 2. The van der Waals surface area contributed by atoms with E-state index in [0.29, 0.717) is 5.56 Å². The van der Waals surface area contributed by atoms with Gasteiger partial charge in [0.05, 0.1) is 22.8 Å². The standard InChI is InChI=1S/C22H24ClN3O/c1-14-21(23)15(2)26(25-14)20-9-5-8-18(13-20)22(27)24-19-11-10-16-6-3-4-7-17(16)12-19/h5,8-13,15,21H,3-4,6-7H2,1-2H3,(H,24,27). The molecule has 4 rings (SSSR count). The summed E-state index contributed by atoms with van der Waals surface area (Å²) in [6, 6.07) is 13.9. The molecule has 1 heterocycles. The van der Waals surface area contributed by atoms with Crippen molar-refractivity contribution in [3.8, 4) is 0 Å². The Hall–Kier alpha value is -2.33. The first-order valence-corrected chi connectivity index (χ1v) is 9.98. The van der Waals surface area contributed by atoms with Crippen LogP contribution in [0, 0.1) is 0 Å². The van der Waals surface area contributed by atoms with E-state index < -0.39 is 0 Å². The normalized spacial score (nSPS) is 21.6. The van der Waals surface area contributed by atoms with Gasteiger partial charge in [-0.3, -0.25) is 9.80 Å². The first-order chi connectivity index (χ1) is 13.0. The van der Waals surface area contributed by atoms with Crippen LogP contribution in [0.4, 0.5) is 11.4 Å². The maximum Gasteiger partial charge on any atom is 0.255 e. The predicted octanol–water partition coefficient (Wildman–Crippen LogP) is 5.01. The fourth-order valence-electron chi connectivity index (χ4n) is 3.89. The number of benzene rings is 2. The van der Waals surface area contributed by atoms with Crippen molar-refractivity contribution >= 4 is 34.6 Å². The molecule has 0 spiro atoms. The van der Waals surface area contributed by atoms with Crippen molar-refractivity contribution in [3.63, 3.8) is 0 Å². The third-order valence-electron chi connectivity index (χ3n) is 5.45. The summed E-state index contributed by atoms with van der Waals surface area (Å²) in [5.74, 6) is -0.109. The third-order valence-corrected chi connectivity index (χ3v) is 6.13. The number of hydrogen-bond donors (Lipinski definition) is 1. The van der Waals surface area contributed by atoms with Crippen molar-refractivity contribution in [2.45, 2.75) is 50.9 Å². The molecule has 0 radical (unpaired) electrons. The van der Waals surface area contributed by atoms with Gasteiger partial charge in [-0.2, -0.15) is 5.10 Å². The lowest BCUT2D eigenvalue weighted by Crippen LogP contribution is -2.30. The van der Waals surface area contributed by atoms with Crippen LogP contribution in [0.2, 0.25) is 0 Å². The summed E-state index contributed by atoms with van der Waals surface area (Å²) in [6.45, 7) is 3.97. The molecule has 2 aromatic rings. The summed E-state index contributed by atoms with van der Waals surface area (Å²) >= 11 is 6.37. The third kappa shape index (κ3) is 3.59. The number of alkyl halides is 1. The van der Waals surface area contributed by atoms with Gasteiger partial charge in [0, 0.05) is 11.3 Å². The van der Waals surface area contributed by atoms with Gasteiger partial charge in [0.1, 0.15) is 0 Å². The van der Waals surface area contributed by atoms with Crippen LogP contribution in [0.3, 0.4) is 0 Å². The van der Waals surface area contributed by atoms with E-state index in [2.05, 4.69) is 22.6 Å². The lowest BCUT2D eigenvalue weighted by atomic mass is 9.91. The van der Waals surface area contributed by atoms with E-state index in [4.69, 9.17) is 11.6 Å². The average molecular weight is 382 g/mol. The van der Waals surface area contributed by atoms with Crippen LogP contribution in [0.5, 0.6) is 0 Å². The number of nitrogens with zero attached hydrogens (tertiary/aromatic N) is 2. The fraction of sp³-hybridized carbons (Fsp3) is 0.364. The minimum absolute atomic E-state index is 0.0608. The Morgan fingerprint density at radius 2 is 1.93 bits per heavy atom. The van der Waals surface area contributed by atoms with Crippen LogP contribution < -0.4 is 10.3 Å². The van der Waals surface area contributed by atoms with E-state index in [1.54, 1.807) is 0 Å². The molecule has 27 heavy (non-hydrogen) atoms. The number of carbonyl (C=O) groups excluding carboxylic acids is 1. The van der Waals surface area contributed by atoms with Crippen molar-refractivity contribution in [1.29, 1.82) is 0 Å². The topological polar surface area (TPSA) is 44.7 Å². The van der Waals surface area contributed by atoms with Crippen LogP contribution in [0.15, 0.2) is 47.6 Å². The van der Waals surface area contributed by atoms with Crippen LogP contribution in [-0.2, 0) is 12.8 Å². The smallest absolute Gasteiger partial charge is 0.255 e. The van der Waals surface area contributed by atoms with Crippen molar-refractivity contribution in [2.75, 3.05) is 10.3 Å². The van der Waals surface area contributed by atoms with Gasteiger partial charge in [-0.15, -0.1) is 11.6 Å². The number of amides is 1. The zero-order valence-corrected chi connectivity index (χ0v) is 16.5. The number of rotatable bonds is 3. The van der Waals surface area contributed by atoms with Gasteiger partial charge >= 0.3 is 0 Å². The van der Waals surface area contributed by atoms with E-state index in [1.165, 1.54) is 24.0 Å². The molecule has 4 nitrogen and oxygen atoms in total. The molecule has 140 valence electrons. The summed E-state index contributed by atoms with van der Waals surface area (Å²) in [5.41, 5.74) is 6.01. The molecule has 0 saturated carbocycles. The van der Waals surface area contributed by atoms with Gasteiger partial charge in [-0.05, 0) is 81.0 Å². The molecule has 2 unspecified atom stereocenters. The Bertz CT molecular complexity index is 908. The quantitative estimate of drug-likeness (QED) is 0.759. The molecule has 2 aliphatic rings. The Kier molecular flexibility index (Phi) is 4.92. The highest BCUT2D eigenvalue weighted by Crippen LogP contribution is 2.29. The second-order valence-electron chi connectivity index (χ2n) is 7.42. The molecule has 1 aliphatic carbocycles. The Balaban J connectivity index is 1.53. The fourth-order valence-corrected chi connectivity index (χ4v) is 4.04. The highest BCUT2D eigenvalue weighted by Gasteiger charge is 2.31. The number of halogens is 1. The largest absolute Gasteiger partial charge is 0.322 e. The number of hydrogen-bond acceptors (Lipinski definition) is 3. The zero-order chi connectivity index (χ0) is 19.0. The Morgan fingerprint density at radius 3 is 2.67 bits per heavy atom. The molecule has 1 aliphatic heterocycles. The van der Waals surface area contributed by atoms with Crippen LogP contribution in [0.1, 0.15) is 48.2 Å². The van der Waals surface area contributed by atoms with Crippen LogP contribution in [-0.4, -0.2) is 23.0 Å². The highest BCUT2D eigenvalue weighted by atomic mass is 35.5. The van der Waals surface area contributed by atoms with Gasteiger partial charge < -0.3 is 5.32 Å². The lowest BCUT2D eigenvalue weighted by molar-refractivity contribution is 0.102. The summed E-state index contributed by atoms with van der Waals surface area (Å²) in [7, 11) is 0. The zero-order valence-electron chi connectivity index (χ0n) is 15.7. The second kappa shape index (κ2) is 7.35. The lowest BCUT2D eigenvalue weighted by Gasteiger charge is -2.22. The van der Waals surface area contributed by atoms with Crippen LogP contribution >= 0.6 is 11.6 Å². The minimum atomic E-state index is -0.113. The molecule has 0 aromatic heterocycles. The van der Waals surface area contributed by atoms with Crippen molar-refractivity contribution in [3.05, 3.63) is 59.2 Å². The molecule has 5 heteroatoms. The van der Waals surface area contributed by atoms with Crippen LogP contribution in [0.25, 0.3) is 0 Å². The summed E-state index contributed by atoms with van der Waals surface area (Å²) < 4.78 is 0. The van der Waals surface area contributed by atoms with E-state index >= 15 is 0 Å². The first kappa shape index (κ1) is 18.1. The number of fused-ring (bicyclic) bond motifs is 1. The minimum Gasteiger partial charge on any atom is -0.322 e. The maximum absolute atomic E-state index is 12.8. The molecular formula is C22H24ClN3O. The number of carbonyl (C=O) groups is 1. The van der Waals surface area contributed by atoms with Gasteiger partial charge in [0.25, 0.3) is 5.91 Å². The monoisotopic (exact) mass is 381 g/mol. The second-order valence-corrected chi connectivity index (χ2v) is 7.89. The number of nitrogens with one attached hydrogen (secondary N) is 1. The summed E-state index contributed by atoms with van der Waals surface area (Å²) in [5, 5.41) is 9.35. The first-order valence-electron chi connectivity index (χ1n) is 9.54. The summed E-state index contributed by atoms with van der Waals surface area (Å²) in [6.07, 6.45) is 4.72. The van der Waals surface area contributed by atoms with Gasteiger partial charge in [-0.1, -0.05) is 12.1 Å². The predicted molar refractivity (Wildman–Crippen MR) is 112 cm³/mol. The van der Waals surface area contributed by atoms with Crippen molar-refractivity contribution in [2.24, 2.45) is 5.10 Å². The van der Waals surface area contributed by atoms with Gasteiger partial charge in [-0.25, -0.2) is 0 Å². The molecule has 1 N–H and O–H groups in total. The molecule has 2 atom stereocenters. The molecular weight excluding hydrogens is 358 g/mol. The van der Waals surface area contributed by atoms with Crippen molar-refractivity contribution in [1.82, 2.24) is 0 Å². The molecule has 0 saturated heterocycles. The number of hydrazone groups is 1.